The largest absolute Gasteiger partial charge is 0.372 e. The van der Waals surface area contributed by atoms with Gasteiger partial charge >= 0.3 is 0 Å². The van der Waals surface area contributed by atoms with Crippen LogP contribution in [0.2, 0.25) is 0 Å². The third-order valence-corrected chi connectivity index (χ3v) is 6.16. The number of carbonyl (C=O) groups is 2. The van der Waals surface area contributed by atoms with Gasteiger partial charge in [0.25, 0.3) is 11.8 Å². The van der Waals surface area contributed by atoms with E-state index in [1.54, 1.807) is 6.08 Å². The van der Waals surface area contributed by atoms with Crippen molar-refractivity contribution in [3.63, 3.8) is 0 Å². The van der Waals surface area contributed by atoms with E-state index in [4.69, 9.17) is 12.2 Å². The van der Waals surface area contributed by atoms with Gasteiger partial charge in [0.1, 0.15) is 5.57 Å². The summed E-state index contributed by atoms with van der Waals surface area (Å²) in [6, 6.07) is 11.9. The predicted octanol–water partition coefficient (Wildman–Crippen LogP) is 4.04. The van der Waals surface area contributed by atoms with E-state index < -0.39 is 11.8 Å². The van der Waals surface area contributed by atoms with Crippen LogP contribution in [0.15, 0.2) is 42.0 Å². The van der Waals surface area contributed by atoms with Gasteiger partial charge in [-0.05, 0) is 98.4 Å². The summed E-state index contributed by atoms with van der Waals surface area (Å²) < 4.78 is 0. The minimum atomic E-state index is -0.465. The highest BCUT2D eigenvalue weighted by Crippen LogP contribution is 2.27. The molecule has 30 heavy (non-hydrogen) atoms. The molecule has 2 heterocycles. The fourth-order valence-electron chi connectivity index (χ4n) is 3.91. The number of carbonyl (C=O) groups excluding carboxylic acids is 2. The number of hydrogen-bond donors (Lipinski definition) is 1. The molecule has 2 aromatic carbocycles. The third kappa shape index (κ3) is 3.75. The van der Waals surface area contributed by atoms with Crippen molar-refractivity contribution in [3.05, 3.63) is 64.2 Å². The topological polar surface area (TPSA) is 52.7 Å². The van der Waals surface area contributed by atoms with Gasteiger partial charge in [-0.15, -0.1) is 0 Å². The summed E-state index contributed by atoms with van der Waals surface area (Å²) >= 11 is 5.30. The number of nitrogens with one attached hydrogen (secondary N) is 1. The van der Waals surface area contributed by atoms with E-state index in [0.717, 1.165) is 35.3 Å². The first-order chi connectivity index (χ1) is 14.3. The Balaban J connectivity index is 1.68. The fraction of sp³-hybridized carbons (Fsp3) is 0.292. The van der Waals surface area contributed by atoms with Gasteiger partial charge in [-0.25, -0.2) is 0 Å². The number of rotatable bonds is 3. The number of hydrogen-bond acceptors (Lipinski definition) is 4. The Bertz CT molecular complexity index is 1080. The molecule has 0 radical (unpaired) electrons. The highest BCUT2D eigenvalue weighted by molar-refractivity contribution is 7.80. The maximum atomic E-state index is 13.2. The summed E-state index contributed by atoms with van der Waals surface area (Å²) in [5.41, 5.74) is 5.98. The zero-order chi connectivity index (χ0) is 21.4. The SMILES string of the molecule is Cc1ccc(N2C(=O)/C(=C/c3ccc(N4CCCC4)cc3C)C(=O)NC2=S)cc1C. The maximum absolute atomic E-state index is 13.2. The highest BCUT2D eigenvalue weighted by Gasteiger charge is 2.34. The quantitative estimate of drug-likeness (QED) is 0.463. The van der Waals surface area contributed by atoms with Crippen LogP contribution in [0.5, 0.6) is 0 Å². The van der Waals surface area contributed by atoms with E-state index in [1.165, 1.54) is 23.4 Å². The first-order valence-electron chi connectivity index (χ1n) is 10.2. The minimum absolute atomic E-state index is 0.0823. The van der Waals surface area contributed by atoms with Crippen LogP contribution in [0.1, 0.15) is 35.1 Å². The lowest BCUT2D eigenvalue weighted by Gasteiger charge is -2.29. The van der Waals surface area contributed by atoms with Crippen molar-refractivity contribution in [3.8, 4) is 0 Å². The first-order valence-corrected chi connectivity index (χ1v) is 10.6. The smallest absolute Gasteiger partial charge is 0.270 e. The molecule has 2 aromatic rings. The monoisotopic (exact) mass is 419 g/mol. The van der Waals surface area contributed by atoms with E-state index in [2.05, 4.69) is 22.3 Å². The van der Waals surface area contributed by atoms with Crippen LogP contribution in [0.3, 0.4) is 0 Å². The Morgan fingerprint density at radius 3 is 2.23 bits per heavy atom. The molecule has 0 unspecified atom stereocenters. The van der Waals surface area contributed by atoms with Crippen molar-refractivity contribution in [1.82, 2.24) is 5.32 Å². The average molecular weight is 420 g/mol. The molecule has 5 nitrogen and oxygen atoms in total. The molecule has 0 aromatic heterocycles. The summed E-state index contributed by atoms with van der Waals surface area (Å²) in [5.74, 6) is -0.872. The highest BCUT2D eigenvalue weighted by atomic mass is 32.1. The van der Waals surface area contributed by atoms with Crippen molar-refractivity contribution in [1.29, 1.82) is 0 Å². The molecule has 0 bridgehead atoms. The molecular weight excluding hydrogens is 394 g/mol. The van der Waals surface area contributed by atoms with E-state index in [-0.39, 0.29) is 10.7 Å². The van der Waals surface area contributed by atoms with E-state index in [0.29, 0.717) is 5.69 Å². The second kappa shape index (κ2) is 8.03. The molecule has 4 rings (SSSR count). The minimum Gasteiger partial charge on any atom is -0.372 e. The van der Waals surface area contributed by atoms with Crippen LogP contribution in [-0.4, -0.2) is 30.0 Å². The first kappa shape index (κ1) is 20.3. The van der Waals surface area contributed by atoms with Gasteiger partial charge in [0, 0.05) is 18.8 Å². The van der Waals surface area contributed by atoms with Gasteiger partial charge < -0.3 is 4.90 Å². The lowest BCUT2D eigenvalue weighted by molar-refractivity contribution is -0.122. The third-order valence-electron chi connectivity index (χ3n) is 5.87. The summed E-state index contributed by atoms with van der Waals surface area (Å²) in [6.07, 6.45) is 4.10. The van der Waals surface area contributed by atoms with Crippen molar-refractivity contribution in [2.45, 2.75) is 33.6 Å². The molecule has 0 atom stereocenters. The van der Waals surface area contributed by atoms with Crippen molar-refractivity contribution in [2.75, 3.05) is 22.9 Å². The van der Waals surface area contributed by atoms with E-state index in [1.807, 2.05) is 45.0 Å². The Morgan fingerprint density at radius 1 is 0.900 bits per heavy atom. The number of thiocarbonyl (C=S) groups is 1. The van der Waals surface area contributed by atoms with E-state index in [9.17, 15) is 9.59 Å². The molecule has 0 aliphatic carbocycles. The molecule has 2 aliphatic heterocycles. The Hall–Kier alpha value is -2.99. The zero-order valence-corrected chi connectivity index (χ0v) is 18.3. The standard InChI is InChI=1S/C24H25N3O2S/c1-15-6-8-20(12-16(15)2)27-23(29)21(22(28)25-24(27)30)14-18-7-9-19(13-17(18)3)26-10-4-5-11-26/h6-9,12-14H,4-5,10-11H2,1-3H3,(H,25,28,30)/b21-14+. The van der Waals surface area contributed by atoms with Crippen LogP contribution in [0.25, 0.3) is 6.08 Å². The van der Waals surface area contributed by atoms with Crippen molar-refractivity contribution in [2.24, 2.45) is 0 Å². The van der Waals surface area contributed by atoms with Gasteiger partial charge in [0.05, 0.1) is 5.69 Å². The number of amides is 2. The second-order valence-electron chi connectivity index (χ2n) is 7.96. The molecule has 2 fully saturated rings. The summed E-state index contributed by atoms with van der Waals surface area (Å²) in [5, 5.41) is 2.76. The van der Waals surface area contributed by atoms with Gasteiger partial charge in [-0.2, -0.15) is 0 Å². The molecule has 6 heteroatoms. The van der Waals surface area contributed by atoms with Crippen LogP contribution in [-0.2, 0) is 9.59 Å². The van der Waals surface area contributed by atoms with Crippen LogP contribution < -0.4 is 15.1 Å². The molecule has 1 N–H and O–H groups in total. The zero-order valence-electron chi connectivity index (χ0n) is 17.5. The van der Waals surface area contributed by atoms with Crippen molar-refractivity contribution < 1.29 is 9.59 Å². The number of nitrogens with zero attached hydrogens (tertiary/aromatic N) is 2. The lowest BCUT2D eigenvalue weighted by Crippen LogP contribution is -2.54. The fourth-order valence-corrected chi connectivity index (χ4v) is 4.19. The second-order valence-corrected chi connectivity index (χ2v) is 8.35. The molecule has 0 spiro atoms. The summed E-state index contributed by atoms with van der Waals surface area (Å²) in [6.45, 7) is 8.14. The van der Waals surface area contributed by atoms with Crippen LogP contribution >= 0.6 is 12.2 Å². The number of benzene rings is 2. The van der Waals surface area contributed by atoms with Gasteiger partial charge in [-0.1, -0.05) is 12.1 Å². The average Bonchev–Trinajstić information content (AvgIpc) is 3.23. The van der Waals surface area contributed by atoms with Gasteiger partial charge in [0.2, 0.25) is 0 Å². The number of anilines is 2. The van der Waals surface area contributed by atoms with Crippen molar-refractivity contribution >= 4 is 46.6 Å². The molecule has 0 saturated carbocycles. The molecule has 2 saturated heterocycles. The molecule has 2 amide bonds. The molecular formula is C24H25N3O2S. The maximum Gasteiger partial charge on any atom is 0.270 e. The predicted molar refractivity (Wildman–Crippen MR) is 125 cm³/mol. The van der Waals surface area contributed by atoms with Gasteiger partial charge in [0.15, 0.2) is 5.11 Å². The Morgan fingerprint density at radius 2 is 1.57 bits per heavy atom. The van der Waals surface area contributed by atoms with Gasteiger partial charge in [-0.3, -0.25) is 19.8 Å². The molecule has 2 aliphatic rings. The van der Waals surface area contributed by atoms with E-state index >= 15 is 0 Å². The Kier molecular flexibility index (Phi) is 5.43. The molecule has 154 valence electrons. The Labute approximate surface area is 182 Å². The number of aryl methyl sites for hydroxylation is 3. The van der Waals surface area contributed by atoms with Crippen LogP contribution in [0, 0.1) is 20.8 Å². The summed E-state index contributed by atoms with van der Waals surface area (Å²) in [4.78, 5) is 29.6. The lowest BCUT2D eigenvalue weighted by atomic mass is 10.0. The van der Waals surface area contributed by atoms with Crippen LogP contribution in [0.4, 0.5) is 11.4 Å². The summed E-state index contributed by atoms with van der Waals surface area (Å²) in [7, 11) is 0. The normalized spacial score (nSPS) is 18.4.